The fourth-order valence-electron chi connectivity index (χ4n) is 10.1. The molecule has 0 bridgehead atoms. The number of epoxide rings is 2. The minimum absolute atomic E-state index is 0.652. The van der Waals surface area contributed by atoms with E-state index in [1.54, 1.807) is 25.7 Å². The first-order valence-electron chi connectivity index (χ1n) is 12.7. The molecule has 10 unspecified atom stereocenters. The van der Waals surface area contributed by atoms with Crippen LogP contribution in [-0.2, 0) is 9.47 Å². The van der Waals surface area contributed by atoms with Crippen LogP contribution in [0.15, 0.2) is 0 Å². The average molecular weight is 371 g/mol. The first kappa shape index (κ1) is 16.7. The molecule has 150 valence electrons. The Morgan fingerprint density at radius 3 is 1.44 bits per heavy atom. The second kappa shape index (κ2) is 5.97. The Balaban J connectivity index is 1.33. The molecule has 2 nitrogen and oxygen atoms in total. The van der Waals surface area contributed by atoms with Gasteiger partial charge < -0.3 is 9.47 Å². The Hall–Kier alpha value is -0.0800. The van der Waals surface area contributed by atoms with Crippen molar-refractivity contribution in [2.45, 2.75) is 114 Å². The van der Waals surface area contributed by atoms with E-state index in [1.807, 2.05) is 0 Å². The number of hydrogen-bond acceptors (Lipinski definition) is 2. The van der Waals surface area contributed by atoms with Gasteiger partial charge in [0.05, 0.1) is 24.4 Å². The second-order valence-corrected chi connectivity index (χ2v) is 11.6. The summed E-state index contributed by atoms with van der Waals surface area (Å²) in [4.78, 5) is 0. The second-order valence-electron chi connectivity index (χ2n) is 11.6. The highest BCUT2D eigenvalue weighted by molar-refractivity contribution is 5.16. The summed E-state index contributed by atoms with van der Waals surface area (Å²) in [5.41, 5.74) is 0.671. The molecule has 2 heterocycles. The van der Waals surface area contributed by atoms with Crippen molar-refractivity contribution in [3.05, 3.63) is 0 Å². The molecule has 0 aromatic rings. The van der Waals surface area contributed by atoms with E-state index in [-0.39, 0.29) is 0 Å². The zero-order chi connectivity index (χ0) is 17.6. The van der Waals surface area contributed by atoms with Gasteiger partial charge in [-0.3, -0.25) is 0 Å². The molecule has 0 amide bonds. The van der Waals surface area contributed by atoms with Crippen LogP contribution in [0.3, 0.4) is 0 Å². The Kier molecular flexibility index (Phi) is 3.69. The summed E-state index contributed by atoms with van der Waals surface area (Å²) < 4.78 is 12.2. The maximum absolute atomic E-state index is 6.08. The Labute approximate surface area is 165 Å². The highest BCUT2D eigenvalue weighted by atomic mass is 16.6. The summed E-state index contributed by atoms with van der Waals surface area (Å²) in [7, 11) is 0. The van der Waals surface area contributed by atoms with E-state index in [2.05, 4.69) is 0 Å². The van der Waals surface area contributed by atoms with Gasteiger partial charge in [0.2, 0.25) is 0 Å². The molecule has 0 spiro atoms. The van der Waals surface area contributed by atoms with Crippen molar-refractivity contribution in [3.63, 3.8) is 0 Å². The minimum atomic E-state index is 0.652. The smallest absolute Gasteiger partial charge is 0.0844 e. The van der Waals surface area contributed by atoms with Crippen LogP contribution in [0.5, 0.6) is 0 Å². The van der Waals surface area contributed by atoms with Crippen LogP contribution in [0.1, 0.15) is 89.9 Å². The third-order valence-electron chi connectivity index (χ3n) is 10.9. The van der Waals surface area contributed by atoms with Gasteiger partial charge in [0, 0.05) is 0 Å². The van der Waals surface area contributed by atoms with Gasteiger partial charge in [-0.25, -0.2) is 0 Å². The largest absolute Gasteiger partial charge is 0.370 e. The van der Waals surface area contributed by atoms with Crippen LogP contribution < -0.4 is 0 Å². The summed E-state index contributed by atoms with van der Waals surface area (Å²) in [6.07, 6.45) is 23.5. The molecule has 2 heteroatoms. The lowest BCUT2D eigenvalue weighted by Gasteiger charge is -2.55. The molecule has 0 aromatic heterocycles. The lowest BCUT2D eigenvalue weighted by atomic mass is 9.49. The summed E-state index contributed by atoms with van der Waals surface area (Å²) in [5.74, 6) is 6.22. The molecule has 2 aliphatic heterocycles. The first-order valence-corrected chi connectivity index (χ1v) is 12.7. The van der Waals surface area contributed by atoms with Gasteiger partial charge in [-0.05, 0) is 105 Å². The quantitative estimate of drug-likeness (QED) is 0.580. The fourth-order valence-corrected chi connectivity index (χ4v) is 10.1. The predicted octanol–water partition coefficient (Wildman–Crippen LogP) is 5.73. The molecular formula is C25H38O2. The number of ether oxygens (including phenoxy) is 2. The van der Waals surface area contributed by atoms with Crippen molar-refractivity contribution in [1.29, 1.82) is 0 Å². The van der Waals surface area contributed by atoms with Crippen molar-refractivity contribution in [2.75, 3.05) is 0 Å². The van der Waals surface area contributed by atoms with Crippen LogP contribution in [0.25, 0.3) is 0 Å². The van der Waals surface area contributed by atoms with E-state index >= 15 is 0 Å². The molecule has 2 saturated heterocycles. The Bertz CT molecular complexity index is 549. The summed E-state index contributed by atoms with van der Waals surface area (Å²) >= 11 is 0. The van der Waals surface area contributed by atoms with E-state index in [9.17, 15) is 0 Å². The molecule has 0 radical (unpaired) electrons. The van der Waals surface area contributed by atoms with E-state index in [4.69, 9.17) is 9.47 Å². The van der Waals surface area contributed by atoms with E-state index in [1.165, 1.54) is 64.2 Å². The molecule has 7 rings (SSSR count). The van der Waals surface area contributed by atoms with E-state index in [0.29, 0.717) is 29.8 Å². The number of rotatable bonds is 2. The standard InChI is InChI=1S/C25H38O2/c1-3-7-19-17(5-1)18-6-2-4-8-20(18)25(19,15-9-11-21-23(13-15)26-21)16-10-12-22-24(14-16)27-22/h15-24H,1-14H2. The van der Waals surface area contributed by atoms with Crippen molar-refractivity contribution >= 4 is 0 Å². The molecule has 5 aliphatic carbocycles. The molecule has 27 heavy (non-hydrogen) atoms. The lowest BCUT2D eigenvalue weighted by molar-refractivity contribution is -0.0695. The van der Waals surface area contributed by atoms with Gasteiger partial charge >= 0.3 is 0 Å². The van der Waals surface area contributed by atoms with Crippen molar-refractivity contribution < 1.29 is 9.47 Å². The Morgan fingerprint density at radius 2 is 0.963 bits per heavy atom. The van der Waals surface area contributed by atoms with Crippen LogP contribution in [0.2, 0.25) is 0 Å². The lowest BCUT2D eigenvalue weighted by Crippen LogP contribution is -2.50. The Morgan fingerprint density at radius 1 is 0.481 bits per heavy atom. The van der Waals surface area contributed by atoms with E-state index < -0.39 is 0 Å². The molecule has 0 aromatic carbocycles. The van der Waals surface area contributed by atoms with Crippen LogP contribution in [-0.4, -0.2) is 24.4 Å². The van der Waals surface area contributed by atoms with Crippen LogP contribution >= 0.6 is 0 Å². The summed E-state index contributed by atoms with van der Waals surface area (Å²) in [6, 6.07) is 0. The van der Waals surface area contributed by atoms with E-state index in [0.717, 1.165) is 35.5 Å². The van der Waals surface area contributed by atoms with Gasteiger partial charge in [-0.2, -0.15) is 0 Å². The van der Waals surface area contributed by atoms with Gasteiger partial charge in [0.25, 0.3) is 0 Å². The topological polar surface area (TPSA) is 25.1 Å². The summed E-state index contributed by atoms with van der Waals surface area (Å²) in [6.45, 7) is 0. The third kappa shape index (κ3) is 2.32. The highest BCUT2D eigenvalue weighted by Crippen LogP contribution is 2.72. The van der Waals surface area contributed by atoms with Gasteiger partial charge in [0.15, 0.2) is 0 Å². The maximum atomic E-state index is 6.08. The zero-order valence-electron chi connectivity index (χ0n) is 17.0. The van der Waals surface area contributed by atoms with Gasteiger partial charge in [0.1, 0.15) is 0 Å². The molecule has 5 saturated carbocycles. The monoisotopic (exact) mass is 370 g/mol. The minimum Gasteiger partial charge on any atom is -0.370 e. The van der Waals surface area contributed by atoms with Gasteiger partial charge in [-0.1, -0.05) is 25.7 Å². The highest BCUT2D eigenvalue weighted by Gasteiger charge is 2.68. The fraction of sp³-hybridized carbons (Fsp3) is 1.00. The number of hydrogen-bond donors (Lipinski definition) is 0. The zero-order valence-corrected chi connectivity index (χ0v) is 17.0. The molecular weight excluding hydrogens is 332 g/mol. The van der Waals surface area contributed by atoms with Crippen LogP contribution in [0.4, 0.5) is 0 Å². The molecule has 0 N–H and O–H groups in total. The summed E-state index contributed by atoms with van der Waals surface area (Å²) in [5, 5.41) is 0. The molecule has 7 aliphatic rings. The number of fused-ring (bicyclic) bond motifs is 5. The first-order chi connectivity index (χ1) is 13.4. The normalized spacial score (nSPS) is 61.3. The SMILES string of the molecule is C1CCC2C(C1)C1CCCCC1C2(C1CCC2OC2C1)C1CCC2OC2C1. The molecule has 7 fully saturated rings. The van der Waals surface area contributed by atoms with Crippen molar-refractivity contribution in [2.24, 2.45) is 40.9 Å². The molecule has 10 atom stereocenters. The van der Waals surface area contributed by atoms with Crippen molar-refractivity contribution in [3.8, 4) is 0 Å². The van der Waals surface area contributed by atoms with Gasteiger partial charge in [-0.15, -0.1) is 0 Å². The predicted molar refractivity (Wildman–Crippen MR) is 105 cm³/mol. The van der Waals surface area contributed by atoms with Crippen LogP contribution in [0, 0.1) is 40.9 Å². The van der Waals surface area contributed by atoms with Crippen molar-refractivity contribution in [1.82, 2.24) is 0 Å². The maximum Gasteiger partial charge on any atom is 0.0844 e. The third-order valence-corrected chi connectivity index (χ3v) is 10.9. The average Bonchev–Trinajstić information content (AvgIpc) is 3.63.